The zero-order valence-electron chi connectivity index (χ0n) is 14.7. The molecule has 0 saturated carbocycles. The molecule has 0 aromatic heterocycles. The van der Waals surface area contributed by atoms with Crippen LogP contribution in [0.2, 0.25) is 5.02 Å². The van der Waals surface area contributed by atoms with Crippen LogP contribution in [0.4, 0.5) is 5.69 Å². The number of likely N-dealkylation sites (tertiary alicyclic amines) is 1. The first-order valence-corrected chi connectivity index (χ1v) is 8.90. The molecule has 9 heteroatoms. The first-order chi connectivity index (χ1) is 13.4. The zero-order chi connectivity index (χ0) is 20.1. The third-order valence-electron chi connectivity index (χ3n) is 4.39. The minimum atomic E-state index is -0.597. The van der Waals surface area contributed by atoms with Crippen LogP contribution in [-0.2, 0) is 9.59 Å². The Morgan fingerprint density at radius 2 is 2.07 bits per heavy atom. The largest absolute Gasteiger partial charge is 0.333 e. The molecule has 0 radical (unpaired) electrons. The van der Waals surface area contributed by atoms with Crippen LogP contribution in [0.5, 0.6) is 0 Å². The average Bonchev–Trinajstić information content (AvgIpc) is 3.04. The second-order valence-electron chi connectivity index (χ2n) is 6.35. The summed E-state index contributed by atoms with van der Waals surface area (Å²) in [6.45, 7) is 0.379. The van der Waals surface area contributed by atoms with Gasteiger partial charge in [-0.15, -0.1) is 0 Å². The van der Waals surface area contributed by atoms with Gasteiger partial charge in [0.2, 0.25) is 5.91 Å². The number of halogens is 1. The molecule has 1 heterocycles. The van der Waals surface area contributed by atoms with Crippen molar-refractivity contribution in [3.8, 4) is 0 Å². The smallest absolute Gasteiger partial charge is 0.288 e. The van der Waals surface area contributed by atoms with Crippen LogP contribution in [0.25, 0.3) is 0 Å². The molecule has 144 valence electrons. The Balaban J connectivity index is 1.55. The van der Waals surface area contributed by atoms with Gasteiger partial charge < -0.3 is 4.90 Å². The maximum atomic E-state index is 12.2. The number of carbonyl (C=O) groups excluding carboxylic acids is 2. The number of nitrogens with one attached hydrogen (secondary N) is 1. The van der Waals surface area contributed by atoms with Gasteiger partial charge in [-0.2, -0.15) is 5.10 Å². The van der Waals surface area contributed by atoms with Crippen LogP contribution in [0.1, 0.15) is 23.5 Å². The lowest BCUT2D eigenvalue weighted by molar-refractivity contribution is -0.384. The first kappa shape index (κ1) is 19.5. The highest BCUT2D eigenvalue weighted by atomic mass is 35.5. The number of hydrogen-bond donors (Lipinski definition) is 1. The Kier molecular flexibility index (Phi) is 6.00. The highest BCUT2D eigenvalue weighted by molar-refractivity contribution is 6.32. The summed E-state index contributed by atoms with van der Waals surface area (Å²) in [5, 5.41) is 14.7. The third kappa shape index (κ3) is 4.72. The SMILES string of the molecule is O=C(CN1C[C@@H](c2ccccc2)CC1=O)N/N=C\c1ccc(Cl)c([N+](=O)[O-])c1. The van der Waals surface area contributed by atoms with Crippen LogP contribution in [0, 0.1) is 10.1 Å². The molecule has 2 amide bonds. The average molecular weight is 401 g/mol. The van der Waals surface area contributed by atoms with Crippen molar-refractivity contribution in [1.82, 2.24) is 10.3 Å². The Bertz CT molecular complexity index is 933. The number of hydrogen-bond acceptors (Lipinski definition) is 5. The van der Waals surface area contributed by atoms with Gasteiger partial charge in [0.25, 0.3) is 11.6 Å². The molecule has 28 heavy (non-hydrogen) atoms. The number of nitro benzene ring substituents is 1. The molecular weight excluding hydrogens is 384 g/mol. The molecule has 2 aromatic carbocycles. The summed E-state index contributed by atoms with van der Waals surface area (Å²) in [6, 6.07) is 13.9. The monoisotopic (exact) mass is 400 g/mol. The predicted octanol–water partition coefficient (Wildman–Crippen LogP) is 2.71. The number of rotatable bonds is 6. The normalized spacial score (nSPS) is 16.5. The van der Waals surface area contributed by atoms with Gasteiger partial charge >= 0.3 is 0 Å². The van der Waals surface area contributed by atoms with E-state index in [0.29, 0.717) is 18.5 Å². The van der Waals surface area contributed by atoms with Crippen LogP contribution in [0.3, 0.4) is 0 Å². The molecule has 0 aliphatic carbocycles. The molecular formula is C19H17ClN4O4. The van der Waals surface area contributed by atoms with Crippen molar-refractivity contribution < 1.29 is 14.5 Å². The van der Waals surface area contributed by atoms with E-state index in [1.807, 2.05) is 30.3 Å². The van der Waals surface area contributed by atoms with Gasteiger partial charge in [-0.1, -0.05) is 48.0 Å². The van der Waals surface area contributed by atoms with E-state index in [1.54, 1.807) is 6.07 Å². The third-order valence-corrected chi connectivity index (χ3v) is 4.71. The fraction of sp³-hybridized carbons (Fsp3) is 0.211. The molecule has 1 aliphatic heterocycles. The lowest BCUT2D eigenvalue weighted by Gasteiger charge is -2.15. The summed E-state index contributed by atoms with van der Waals surface area (Å²) in [7, 11) is 0. The van der Waals surface area contributed by atoms with Crippen molar-refractivity contribution in [3.63, 3.8) is 0 Å². The van der Waals surface area contributed by atoms with E-state index in [1.165, 1.54) is 23.2 Å². The molecule has 3 rings (SSSR count). The lowest BCUT2D eigenvalue weighted by Crippen LogP contribution is -2.36. The molecule has 0 unspecified atom stereocenters. The highest BCUT2D eigenvalue weighted by Crippen LogP contribution is 2.27. The van der Waals surface area contributed by atoms with E-state index in [0.717, 1.165) is 5.56 Å². The van der Waals surface area contributed by atoms with Crippen molar-refractivity contribution in [1.29, 1.82) is 0 Å². The van der Waals surface area contributed by atoms with Gasteiger partial charge in [0.15, 0.2) is 0 Å². The summed E-state index contributed by atoms with van der Waals surface area (Å²) in [4.78, 5) is 36.0. The fourth-order valence-corrected chi connectivity index (χ4v) is 3.20. The van der Waals surface area contributed by atoms with Crippen LogP contribution >= 0.6 is 11.6 Å². The number of hydrazone groups is 1. The molecule has 0 spiro atoms. The number of benzene rings is 2. The minimum Gasteiger partial charge on any atom is -0.333 e. The summed E-state index contributed by atoms with van der Waals surface area (Å²) >= 11 is 5.75. The molecule has 1 aliphatic rings. The van der Waals surface area contributed by atoms with E-state index in [-0.39, 0.29) is 29.1 Å². The van der Waals surface area contributed by atoms with Crippen LogP contribution < -0.4 is 5.43 Å². The number of amides is 2. The number of carbonyl (C=O) groups is 2. The van der Waals surface area contributed by atoms with Crippen LogP contribution in [-0.4, -0.2) is 40.9 Å². The molecule has 0 bridgehead atoms. The maximum Gasteiger partial charge on any atom is 0.288 e. The van der Waals surface area contributed by atoms with Crippen molar-refractivity contribution in [2.75, 3.05) is 13.1 Å². The van der Waals surface area contributed by atoms with Crippen molar-refractivity contribution >= 4 is 35.3 Å². The van der Waals surface area contributed by atoms with Gasteiger partial charge in [-0.3, -0.25) is 19.7 Å². The molecule has 2 aromatic rings. The Labute approximate surface area is 165 Å². The second kappa shape index (κ2) is 8.62. The van der Waals surface area contributed by atoms with Gasteiger partial charge in [0.1, 0.15) is 11.6 Å². The summed E-state index contributed by atoms with van der Waals surface area (Å²) in [5.41, 5.74) is 3.57. The van der Waals surface area contributed by atoms with Gasteiger partial charge in [-0.25, -0.2) is 5.43 Å². The number of nitro groups is 1. The van der Waals surface area contributed by atoms with E-state index in [4.69, 9.17) is 11.6 Å². The van der Waals surface area contributed by atoms with Crippen molar-refractivity contribution in [2.45, 2.75) is 12.3 Å². The second-order valence-corrected chi connectivity index (χ2v) is 6.75. The lowest BCUT2D eigenvalue weighted by atomic mass is 9.99. The molecule has 1 atom stereocenters. The molecule has 1 fully saturated rings. The van der Waals surface area contributed by atoms with Gasteiger partial charge in [-0.05, 0) is 11.6 Å². The summed E-state index contributed by atoms with van der Waals surface area (Å²) in [5.74, 6) is -0.456. The molecule has 1 N–H and O–H groups in total. The Hall–Kier alpha value is -3.26. The standard InChI is InChI=1S/C19H17ClN4O4/c20-16-7-6-13(8-17(16)24(27)28)10-21-22-18(25)12-23-11-15(9-19(23)26)14-4-2-1-3-5-14/h1-8,10,15H,9,11-12H2,(H,22,25)/b21-10-/t15-/m0/s1. The van der Waals surface area contributed by atoms with E-state index < -0.39 is 10.8 Å². The summed E-state index contributed by atoms with van der Waals surface area (Å²) in [6.07, 6.45) is 1.65. The van der Waals surface area contributed by atoms with E-state index >= 15 is 0 Å². The van der Waals surface area contributed by atoms with Crippen molar-refractivity contribution in [2.24, 2.45) is 5.10 Å². The first-order valence-electron chi connectivity index (χ1n) is 8.52. The summed E-state index contributed by atoms with van der Waals surface area (Å²) < 4.78 is 0. The maximum absolute atomic E-state index is 12.2. The highest BCUT2D eigenvalue weighted by Gasteiger charge is 2.31. The quantitative estimate of drug-likeness (QED) is 0.457. The van der Waals surface area contributed by atoms with Crippen LogP contribution in [0.15, 0.2) is 53.6 Å². The van der Waals surface area contributed by atoms with E-state index in [9.17, 15) is 19.7 Å². The van der Waals surface area contributed by atoms with Crippen molar-refractivity contribution in [3.05, 3.63) is 74.8 Å². The fourth-order valence-electron chi connectivity index (χ4n) is 3.01. The number of nitrogens with zero attached hydrogens (tertiary/aromatic N) is 3. The van der Waals surface area contributed by atoms with Gasteiger partial charge in [0.05, 0.1) is 11.1 Å². The van der Waals surface area contributed by atoms with Gasteiger partial charge in [0, 0.05) is 30.5 Å². The zero-order valence-corrected chi connectivity index (χ0v) is 15.5. The molecule has 8 nitrogen and oxygen atoms in total. The molecule has 1 saturated heterocycles. The van der Waals surface area contributed by atoms with E-state index in [2.05, 4.69) is 10.5 Å². The predicted molar refractivity (Wildman–Crippen MR) is 104 cm³/mol. The minimum absolute atomic E-state index is 0.0201. The topological polar surface area (TPSA) is 105 Å². The Morgan fingerprint density at radius 1 is 1.32 bits per heavy atom. The Morgan fingerprint density at radius 3 is 2.79 bits per heavy atom.